The molecule has 1 aliphatic heterocycles. The second kappa shape index (κ2) is 9.39. The lowest BCUT2D eigenvalue weighted by atomic mass is 9.98. The van der Waals surface area contributed by atoms with Gasteiger partial charge in [0.1, 0.15) is 10.7 Å². The van der Waals surface area contributed by atoms with Crippen molar-refractivity contribution in [2.24, 2.45) is 0 Å². The Morgan fingerprint density at radius 2 is 2.00 bits per heavy atom. The van der Waals surface area contributed by atoms with Gasteiger partial charge in [0.15, 0.2) is 0 Å². The van der Waals surface area contributed by atoms with E-state index in [2.05, 4.69) is 5.32 Å². The molecule has 1 saturated carbocycles. The largest absolute Gasteiger partial charge is 0.378 e. The second-order valence-electron chi connectivity index (χ2n) is 8.27. The fraction of sp³-hybridized carbons (Fsp3) is 0.682. The molecule has 1 N–H and O–H groups in total. The number of carbonyl (C=O) groups is 1. The number of carbonyl (C=O) groups excluding carboxylic acids is 1. The summed E-state index contributed by atoms with van der Waals surface area (Å²) in [5.41, 5.74) is 0.776. The molecule has 1 aliphatic carbocycles. The molecule has 0 saturated heterocycles. The molecule has 0 bridgehead atoms. The van der Waals surface area contributed by atoms with Crippen LogP contribution < -0.4 is 10.9 Å². The maximum atomic E-state index is 13.0. The molecule has 2 aliphatic rings. The summed E-state index contributed by atoms with van der Waals surface area (Å²) in [6.45, 7) is 3.87. The molecule has 29 heavy (non-hydrogen) atoms. The van der Waals surface area contributed by atoms with Gasteiger partial charge in [-0.2, -0.15) is 0 Å². The molecule has 0 spiro atoms. The van der Waals surface area contributed by atoms with Crippen molar-refractivity contribution in [3.05, 3.63) is 26.6 Å². The van der Waals surface area contributed by atoms with Crippen LogP contribution in [0.1, 0.15) is 78.8 Å². The number of nitrogens with zero attached hydrogens (tertiary/aromatic N) is 2. The van der Waals surface area contributed by atoms with Crippen LogP contribution in [0.5, 0.6) is 0 Å². The number of fused-ring (bicyclic) bond motifs is 2. The van der Waals surface area contributed by atoms with E-state index < -0.39 is 0 Å². The Balaban J connectivity index is 1.39. The van der Waals surface area contributed by atoms with Crippen LogP contribution in [0.3, 0.4) is 0 Å². The van der Waals surface area contributed by atoms with Gasteiger partial charge in [-0.1, -0.05) is 25.7 Å². The zero-order valence-corrected chi connectivity index (χ0v) is 18.1. The highest BCUT2D eigenvalue weighted by Crippen LogP contribution is 2.28. The van der Waals surface area contributed by atoms with Crippen LogP contribution >= 0.6 is 11.3 Å². The van der Waals surface area contributed by atoms with E-state index in [1.54, 1.807) is 0 Å². The number of ether oxygens (including phenoxy) is 1. The van der Waals surface area contributed by atoms with Gasteiger partial charge < -0.3 is 10.1 Å². The van der Waals surface area contributed by atoms with E-state index in [0.717, 1.165) is 50.0 Å². The first-order valence-electron chi connectivity index (χ1n) is 11.1. The van der Waals surface area contributed by atoms with Crippen LogP contribution in [0.25, 0.3) is 10.2 Å². The van der Waals surface area contributed by atoms with E-state index in [9.17, 15) is 9.59 Å². The molecule has 0 unspecified atom stereocenters. The Labute approximate surface area is 175 Å². The molecular formula is C22H31N3O3S. The molecule has 0 atom stereocenters. The van der Waals surface area contributed by atoms with Crippen LogP contribution in [-0.4, -0.2) is 34.7 Å². The molecule has 6 nitrogen and oxygen atoms in total. The first-order valence-corrected chi connectivity index (χ1v) is 11.9. The van der Waals surface area contributed by atoms with Gasteiger partial charge in [0.25, 0.3) is 11.5 Å². The van der Waals surface area contributed by atoms with Crippen LogP contribution in [0, 0.1) is 6.92 Å². The molecule has 1 amide bonds. The summed E-state index contributed by atoms with van der Waals surface area (Å²) in [5, 5.41) is 3.61. The normalized spacial score (nSPS) is 17.8. The monoisotopic (exact) mass is 417 g/mol. The number of thiophene rings is 1. The van der Waals surface area contributed by atoms with Crippen molar-refractivity contribution in [1.82, 2.24) is 14.9 Å². The minimum absolute atomic E-state index is 0.0144. The summed E-state index contributed by atoms with van der Waals surface area (Å²) < 4.78 is 7.74. The Kier molecular flexibility index (Phi) is 6.65. The minimum Gasteiger partial charge on any atom is -0.378 e. The average molecular weight is 418 g/mol. The zero-order valence-electron chi connectivity index (χ0n) is 17.3. The third kappa shape index (κ3) is 4.56. The second-order valence-corrected chi connectivity index (χ2v) is 9.27. The topological polar surface area (TPSA) is 73.2 Å². The number of nitrogens with one attached hydrogen (secondary N) is 1. The summed E-state index contributed by atoms with van der Waals surface area (Å²) in [6.07, 6.45) is 11.5. The van der Waals surface area contributed by atoms with Crippen molar-refractivity contribution in [1.29, 1.82) is 0 Å². The number of hydrogen-bond acceptors (Lipinski definition) is 5. The van der Waals surface area contributed by atoms with E-state index >= 15 is 0 Å². The van der Waals surface area contributed by atoms with Crippen molar-refractivity contribution in [2.45, 2.75) is 83.8 Å². The van der Waals surface area contributed by atoms with E-state index in [4.69, 9.17) is 9.72 Å². The molecule has 7 heteroatoms. The van der Waals surface area contributed by atoms with Crippen LogP contribution in [0.4, 0.5) is 0 Å². The Hall–Kier alpha value is -1.73. The number of rotatable bonds is 6. The first kappa shape index (κ1) is 20.5. The summed E-state index contributed by atoms with van der Waals surface area (Å²) in [5.74, 6) is 0.760. The van der Waals surface area contributed by atoms with Crippen molar-refractivity contribution < 1.29 is 9.53 Å². The van der Waals surface area contributed by atoms with Gasteiger partial charge in [0, 0.05) is 26.1 Å². The molecule has 0 radical (unpaired) electrons. The molecule has 2 aromatic heterocycles. The standard InChI is InChI=1S/C22H31N3O3S/c1-15-18-21(24-17-11-6-3-7-13-25(17)22(18)27)29-19(15)20(26)23-12-8-14-28-16-9-4-2-5-10-16/h16H,2-14H2,1H3,(H,23,26). The van der Waals surface area contributed by atoms with Crippen molar-refractivity contribution >= 4 is 27.5 Å². The summed E-state index contributed by atoms with van der Waals surface area (Å²) >= 11 is 1.34. The molecule has 1 fully saturated rings. The zero-order chi connectivity index (χ0) is 20.2. The lowest BCUT2D eigenvalue weighted by Gasteiger charge is -2.21. The van der Waals surface area contributed by atoms with Gasteiger partial charge in [-0.25, -0.2) is 4.98 Å². The van der Waals surface area contributed by atoms with Crippen molar-refractivity contribution in [3.8, 4) is 0 Å². The third-order valence-electron chi connectivity index (χ3n) is 6.13. The van der Waals surface area contributed by atoms with Gasteiger partial charge in [-0.3, -0.25) is 14.2 Å². The lowest BCUT2D eigenvalue weighted by molar-refractivity contribution is 0.0273. The van der Waals surface area contributed by atoms with Crippen LogP contribution in [-0.2, 0) is 17.7 Å². The average Bonchev–Trinajstić information content (AvgIpc) is 2.89. The van der Waals surface area contributed by atoms with E-state index in [1.807, 2.05) is 11.5 Å². The smallest absolute Gasteiger partial charge is 0.262 e. The van der Waals surface area contributed by atoms with Gasteiger partial charge in [0.05, 0.1) is 16.4 Å². The van der Waals surface area contributed by atoms with Gasteiger partial charge in [0.2, 0.25) is 0 Å². The minimum atomic E-state index is -0.109. The molecule has 158 valence electrons. The van der Waals surface area contributed by atoms with Crippen LogP contribution in [0.15, 0.2) is 4.79 Å². The fourth-order valence-corrected chi connectivity index (χ4v) is 5.57. The maximum Gasteiger partial charge on any atom is 0.262 e. The van der Waals surface area contributed by atoms with E-state index in [1.165, 1.54) is 43.4 Å². The number of aromatic nitrogens is 2. The highest BCUT2D eigenvalue weighted by molar-refractivity contribution is 7.20. The van der Waals surface area contributed by atoms with Crippen molar-refractivity contribution in [3.63, 3.8) is 0 Å². The van der Waals surface area contributed by atoms with Gasteiger partial charge in [-0.05, 0) is 44.6 Å². The quantitative estimate of drug-likeness (QED) is 0.722. The highest BCUT2D eigenvalue weighted by atomic mass is 32.1. The lowest BCUT2D eigenvalue weighted by Crippen LogP contribution is -2.26. The predicted octanol–water partition coefficient (Wildman–Crippen LogP) is 3.96. The highest BCUT2D eigenvalue weighted by Gasteiger charge is 2.22. The molecule has 3 heterocycles. The van der Waals surface area contributed by atoms with Gasteiger partial charge in [-0.15, -0.1) is 11.3 Å². The Bertz CT molecular complexity index is 928. The van der Waals surface area contributed by atoms with E-state index in [-0.39, 0.29) is 11.5 Å². The summed E-state index contributed by atoms with van der Waals surface area (Å²) in [4.78, 5) is 31.8. The molecule has 2 aromatic rings. The Morgan fingerprint density at radius 3 is 2.83 bits per heavy atom. The molecule has 0 aromatic carbocycles. The summed E-state index contributed by atoms with van der Waals surface area (Å²) in [7, 11) is 0. The summed E-state index contributed by atoms with van der Waals surface area (Å²) in [6, 6.07) is 0. The number of aryl methyl sites for hydroxylation is 2. The van der Waals surface area contributed by atoms with Crippen LogP contribution in [0.2, 0.25) is 0 Å². The first-order chi connectivity index (χ1) is 14.1. The Morgan fingerprint density at radius 1 is 1.21 bits per heavy atom. The van der Waals surface area contributed by atoms with E-state index in [0.29, 0.717) is 34.3 Å². The SMILES string of the molecule is Cc1c(C(=O)NCCCOC2CCCCC2)sc2nc3n(c(=O)c12)CCCCC3. The van der Waals surface area contributed by atoms with Crippen molar-refractivity contribution in [2.75, 3.05) is 13.2 Å². The third-order valence-corrected chi connectivity index (χ3v) is 7.31. The fourth-order valence-electron chi connectivity index (χ4n) is 4.46. The predicted molar refractivity (Wildman–Crippen MR) is 116 cm³/mol. The maximum absolute atomic E-state index is 13.0. The molecule has 4 rings (SSSR count). The number of amides is 1. The number of hydrogen-bond donors (Lipinski definition) is 1. The van der Waals surface area contributed by atoms with Gasteiger partial charge >= 0.3 is 0 Å². The molecular weight excluding hydrogens is 386 g/mol.